The van der Waals surface area contributed by atoms with Crippen LogP contribution in [0.3, 0.4) is 0 Å². The van der Waals surface area contributed by atoms with Crippen LogP contribution in [0.1, 0.15) is 18.4 Å². The summed E-state index contributed by atoms with van der Waals surface area (Å²) >= 11 is 0. The van der Waals surface area contributed by atoms with Gasteiger partial charge in [0.15, 0.2) is 0 Å². The minimum Gasteiger partial charge on any atom is -0.326 e. The highest BCUT2D eigenvalue weighted by atomic mass is 32.2. The average Bonchev–Trinajstić information content (AvgIpc) is 2.63. The van der Waals surface area contributed by atoms with Crippen LogP contribution in [0.15, 0.2) is 23.1 Å². The van der Waals surface area contributed by atoms with E-state index in [1.807, 2.05) is 14.1 Å². The second kappa shape index (κ2) is 8.26. The molecule has 1 aromatic rings. The molecule has 2 aliphatic rings. The zero-order valence-corrected chi connectivity index (χ0v) is 17.3. The number of likely N-dealkylation sites (tertiary alicyclic amines) is 1. The van der Waals surface area contributed by atoms with E-state index in [0.29, 0.717) is 24.3 Å². The van der Waals surface area contributed by atoms with Crippen molar-refractivity contribution in [1.29, 1.82) is 0 Å². The molecule has 3 rings (SSSR count). The topological polar surface area (TPSA) is 73.0 Å². The number of carbonyl (C=O) groups is 1. The molecule has 0 radical (unpaired) electrons. The molecule has 2 heterocycles. The molecule has 7 nitrogen and oxygen atoms in total. The lowest BCUT2D eigenvalue weighted by Crippen LogP contribution is -2.47. The minimum absolute atomic E-state index is 0.0339. The first-order chi connectivity index (χ1) is 12.8. The van der Waals surface area contributed by atoms with E-state index in [-0.39, 0.29) is 16.7 Å². The van der Waals surface area contributed by atoms with Crippen LogP contribution in [0.4, 0.5) is 5.69 Å². The molecule has 1 amide bonds. The number of hydrogen-bond acceptors (Lipinski definition) is 5. The van der Waals surface area contributed by atoms with Gasteiger partial charge in [0.05, 0.1) is 10.8 Å². The summed E-state index contributed by atoms with van der Waals surface area (Å²) in [5, 5.41) is 2.93. The lowest BCUT2D eigenvalue weighted by molar-refractivity contribution is -0.121. The van der Waals surface area contributed by atoms with Gasteiger partial charge in [-0.25, -0.2) is 8.42 Å². The lowest BCUT2D eigenvalue weighted by atomic mass is 9.97. The number of amides is 1. The number of nitrogens with zero attached hydrogens (tertiary/aromatic N) is 3. The van der Waals surface area contributed by atoms with Crippen LogP contribution >= 0.6 is 0 Å². The van der Waals surface area contributed by atoms with Crippen LogP contribution < -0.4 is 5.32 Å². The molecular formula is C19H30N4O3S. The second-order valence-electron chi connectivity index (χ2n) is 7.78. The Hall–Kier alpha value is -1.48. The minimum atomic E-state index is -3.56. The maximum absolute atomic E-state index is 13.1. The summed E-state index contributed by atoms with van der Waals surface area (Å²) < 4.78 is 27.7. The summed E-state index contributed by atoms with van der Waals surface area (Å²) in [7, 11) is 0.453. The fraction of sp³-hybridized carbons (Fsp3) is 0.632. The predicted molar refractivity (Wildman–Crippen MR) is 106 cm³/mol. The maximum Gasteiger partial charge on any atom is 0.243 e. The van der Waals surface area contributed by atoms with Crippen molar-refractivity contribution >= 4 is 21.6 Å². The molecule has 8 heteroatoms. The molecule has 1 aromatic carbocycles. The predicted octanol–water partition coefficient (Wildman–Crippen LogP) is 1.21. The van der Waals surface area contributed by atoms with E-state index in [0.717, 1.165) is 39.0 Å². The van der Waals surface area contributed by atoms with Gasteiger partial charge in [-0.15, -0.1) is 0 Å². The number of piperidine rings is 1. The first-order valence-electron chi connectivity index (χ1n) is 9.56. The smallest absolute Gasteiger partial charge is 0.243 e. The normalized spacial score (nSPS) is 23.3. The summed E-state index contributed by atoms with van der Waals surface area (Å²) in [5.41, 5.74) is 1.25. The van der Waals surface area contributed by atoms with Gasteiger partial charge in [0.2, 0.25) is 15.9 Å². The fourth-order valence-corrected chi connectivity index (χ4v) is 5.42. The van der Waals surface area contributed by atoms with Gasteiger partial charge < -0.3 is 15.1 Å². The summed E-state index contributed by atoms with van der Waals surface area (Å²) in [6.07, 6.45) is 1.88. The molecule has 27 heavy (non-hydrogen) atoms. The number of sulfonamides is 1. The van der Waals surface area contributed by atoms with E-state index >= 15 is 0 Å². The molecular weight excluding hydrogens is 364 g/mol. The van der Waals surface area contributed by atoms with Gasteiger partial charge in [-0.2, -0.15) is 4.31 Å². The summed E-state index contributed by atoms with van der Waals surface area (Å²) in [5.74, 6) is -0.0870. The molecule has 0 unspecified atom stereocenters. The number of carbonyl (C=O) groups excluding carboxylic acids is 1. The summed E-state index contributed by atoms with van der Waals surface area (Å²) in [6.45, 7) is 5.98. The fourth-order valence-electron chi connectivity index (χ4n) is 3.75. The SMILES string of the molecule is Cc1ccc(NC(=O)[C@H]2CCCN(C)C2)cc1S(=O)(=O)N1CCN(C)CC1. The maximum atomic E-state index is 13.1. The van der Waals surface area contributed by atoms with E-state index in [9.17, 15) is 13.2 Å². The van der Waals surface area contributed by atoms with Crippen LogP contribution in [0.5, 0.6) is 0 Å². The van der Waals surface area contributed by atoms with Crippen molar-refractivity contribution in [2.75, 3.05) is 58.7 Å². The van der Waals surface area contributed by atoms with Gasteiger partial charge in [-0.1, -0.05) is 6.07 Å². The standard InChI is InChI=1S/C19H30N4O3S/c1-15-6-7-17(20-19(24)16-5-4-8-22(3)14-16)13-18(15)27(25,26)23-11-9-21(2)10-12-23/h6-7,13,16H,4-5,8-12,14H2,1-3H3,(H,20,24)/t16-/m0/s1. The largest absolute Gasteiger partial charge is 0.326 e. The first-order valence-corrected chi connectivity index (χ1v) is 11.0. The van der Waals surface area contributed by atoms with Crippen molar-refractivity contribution < 1.29 is 13.2 Å². The van der Waals surface area contributed by atoms with E-state index in [1.165, 1.54) is 4.31 Å². The van der Waals surface area contributed by atoms with E-state index < -0.39 is 10.0 Å². The Morgan fingerprint density at radius 3 is 2.44 bits per heavy atom. The molecule has 0 aliphatic carbocycles. The average molecular weight is 395 g/mol. The number of piperazine rings is 1. The lowest BCUT2D eigenvalue weighted by Gasteiger charge is -2.32. The number of rotatable bonds is 4. The Kier molecular flexibility index (Phi) is 6.20. The molecule has 1 atom stereocenters. The third kappa shape index (κ3) is 4.68. The van der Waals surface area contributed by atoms with Gasteiger partial charge in [0.25, 0.3) is 0 Å². The molecule has 150 valence electrons. The Bertz CT molecular complexity index is 788. The van der Waals surface area contributed by atoms with Crippen molar-refractivity contribution in [2.45, 2.75) is 24.7 Å². The molecule has 0 bridgehead atoms. The number of nitrogens with one attached hydrogen (secondary N) is 1. The van der Waals surface area contributed by atoms with Crippen LogP contribution in [0.25, 0.3) is 0 Å². The van der Waals surface area contributed by atoms with Crippen LogP contribution in [0.2, 0.25) is 0 Å². The van der Waals surface area contributed by atoms with Gasteiger partial charge in [0.1, 0.15) is 0 Å². The number of benzene rings is 1. The van der Waals surface area contributed by atoms with Gasteiger partial charge in [0, 0.05) is 38.4 Å². The van der Waals surface area contributed by atoms with Crippen LogP contribution in [-0.2, 0) is 14.8 Å². The van der Waals surface area contributed by atoms with Gasteiger partial charge >= 0.3 is 0 Å². The molecule has 2 fully saturated rings. The first kappa shape index (κ1) is 20.3. The van der Waals surface area contributed by atoms with Crippen LogP contribution in [0, 0.1) is 12.8 Å². The molecule has 1 N–H and O–H groups in total. The number of anilines is 1. The molecule has 0 saturated carbocycles. The van der Waals surface area contributed by atoms with Crippen molar-refractivity contribution in [3.63, 3.8) is 0 Å². The van der Waals surface area contributed by atoms with E-state index in [1.54, 1.807) is 25.1 Å². The number of likely N-dealkylation sites (N-methyl/N-ethyl adjacent to an activating group) is 1. The van der Waals surface area contributed by atoms with Crippen molar-refractivity contribution in [3.8, 4) is 0 Å². The Labute approximate surface area is 162 Å². The Morgan fingerprint density at radius 1 is 1.07 bits per heavy atom. The van der Waals surface area contributed by atoms with Crippen molar-refractivity contribution in [3.05, 3.63) is 23.8 Å². The quantitative estimate of drug-likeness (QED) is 0.831. The Morgan fingerprint density at radius 2 is 1.78 bits per heavy atom. The van der Waals surface area contributed by atoms with Gasteiger partial charge in [-0.05, 0) is 58.1 Å². The molecule has 2 aliphatic heterocycles. The molecule has 2 saturated heterocycles. The monoisotopic (exact) mass is 394 g/mol. The molecule has 0 spiro atoms. The van der Waals surface area contributed by atoms with Crippen molar-refractivity contribution in [2.24, 2.45) is 5.92 Å². The van der Waals surface area contributed by atoms with Crippen molar-refractivity contribution in [1.82, 2.24) is 14.1 Å². The highest BCUT2D eigenvalue weighted by Crippen LogP contribution is 2.25. The van der Waals surface area contributed by atoms with E-state index in [2.05, 4.69) is 15.1 Å². The third-order valence-corrected chi connectivity index (χ3v) is 7.57. The highest BCUT2D eigenvalue weighted by molar-refractivity contribution is 7.89. The summed E-state index contributed by atoms with van der Waals surface area (Å²) in [4.78, 5) is 17.2. The summed E-state index contributed by atoms with van der Waals surface area (Å²) in [6, 6.07) is 5.15. The molecule has 0 aromatic heterocycles. The zero-order chi connectivity index (χ0) is 19.6. The number of aryl methyl sites for hydroxylation is 1. The zero-order valence-electron chi connectivity index (χ0n) is 16.4. The van der Waals surface area contributed by atoms with Gasteiger partial charge in [-0.3, -0.25) is 4.79 Å². The Balaban J connectivity index is 1.77. The van der Waals surface area contributed by atoms with Crippen LogP contribution in [-0.4, -0.2) is 81.8 Å². The third-order valence-electron chi connectivity index (χ3n) is 5.53. The number of hydrogen-bond donors (Lipinski definition) is 1. The van der Waals surface area contributed by atoms with E-state index in [4.69, 9.17) is 0 Å². The highest BCUT2D eigenvalue weighted by Gasteiger charge is 2.29. The second-order valence-corrected chi connectivity index (χ2v) is 9.68.